The summed E-state index contributed by atoms with van der Waals surface area (Å²) in [6.07, 6.45) is 24.0. The zero-order valence-corrected chi connectivity index (χ0v) is 15.0. The second kappa shape index (κ2) is 18.5. The highest BCUT2D eigenvalue weighted by atomic mass is 17.1. The zero-order chi connectivity index (χ0) is 18.6. The standard InChI is InChI=1S/C20H32O5/c21-19(20(22)23)17-15-13-11-9-7-5-3-1-2-4-6-8-10-12-14-16-18-25-24/h5,7,9,11,13,15,17,21,24H,1-4,6,8,10,12,14,16,18H2,(H,22,23). The van der Waals surface area contributed by atoms with E-state index in [0.29, 0.717) is 6.61 Å². The second-order valence-electron chi connectivity index (χ2n) is 5.86. The molecule has 0 spiro atoms. The van der Waals surface area contributed by atoms with E-state index >= 15 is 0 Å². The minimum atomic E-state index is -1.33. The lowest BCUT2D eigenvalue weighted by Gasteiger charge is -2.01. The van der Waals surface area contributed by atoms with E-state index in [1.54, 1.807) is 12.2 Å². The van der Waals surface area contributed by atoms with E-state index in [1.165, 1.54) is 51.0 Å². The summed E-state index contributed by atoms with van der Waals surface area (Å²) < 4.78 is 0. The summed E-state index contributed by atoms with van der Waals surface area (Å²) in [6.45, 7) is 0.449. The third-order valence-corrected chi connectivity index (χ3v) is 3.66. The lowest BCUT2D eigenvalue weighted by atomic mass is 10.1. The van der Waals surface area contributed by atoms with Crippen LogP contribution in [0.3, 0.4) is 0 Å². The van der Waals surface area contributed by atoms with Gasteiger partial charge >= 0.3 is 5.97 Å². The van der Waals surface area contributed by atoms with Gasteiger partial charge in [0.2, 0.25) is 5.76 Å². The van der Waals surface area contributed by atoms with Crippen LogP contribution in [0.15, 0.2) is 48.3 Å². The normalized spacial score (nSPS) is 12.8. The number of aliphatic carboxylic acids is 1. The Morgan fingerprint density at radius 1 is 0.720 bits per heavy atom. The van der Waals surface area contributed by atoms with Crippen LogP contribution in [0.2, 0.25) is 0 Å². The number of aliphatic hydroxyl groups is 1. The number of unbranched alkanes of at least 4 members (excludes halogenated alkanes) is 9. The summed E-state index contributed by atoms with van der Waals surface area (Å²) in [5, 5.41) is 25.5. The Morgan fingerprint density at radius 2 is 1.24 bits per heavy atom. The predicted molar refractivity (Wildman–Crippen MR) is 101 cm³/mol. The van der Waals surface area contributed by atoms with Gasteiger partial charge in [-0.2, -0.15) is 0 Å². The molecule has 5 heteroatoms. The first-order chi connectivity index (χ1) is 12.2. The molecule has 142 valence electrons. The van der Waals surface area contributed by atoms with Crippen molar-refractivity contribution < 1.29 is 25.2 Å². The zero-order valence-electron chi connectivity index (χ0n) is 15.0. The van der Waals surface area contributed by atoms with Crippen molar-refractivity contribution in [1.82, 2.24) is 0 Å². The van der Waals surface area contributed by atoms with Gasteiger partial charge in [0.05, 0.1) is 6.61 Å². The minimum absolute atomic E-state index is 0.449. The minimum Gasteiger partial charge on any atom is -0.502 e. The Balaban J connectivity index is 3.41. The van der Waals surface area contributed by atoms with Gasteiger partial charge < -0.3 is 10.2 Å². The number of carbonyl (C=O) groups is 1. The summed E-state index contributed by atoms with van der Waals surface area (Å²) in [5.74, 6) is -2.00. The molecule has 0 aromatic carbocycles. The first kappa shape index (κ1) is 23.1. The maximum Gasteiger partial charge on any atom is 0.370 e. The highest BCUT2D eigenvalue weighted by Crippen LogP contribution is 2.10. The third-order valence-electron chi connectivity index (χ3n) is 3.66. The summed E-state index contributed by atoms with van der Waals surface area (Å²) in [5.41, 5.74) is 0. The first-order valence-corrected chi connectivity index (χ1v) is 9.07. The Labute approximate surface area is 151 Å². The van der Waals surface area contributed by atoms with Crippen LogP contribution in [0.25, 0.3) is 0 Å². The van der Waals surface area contributed by atoms with Crippen LogP contribution in [0.4, 0.5) is 0 Å². The van der Waals surface area contributed by atoms with Crippen LogP contribution in [-0.2, 0) is 9.68 Å². The van der Waals surface area contributed by atoms with Gasteiger partial charge in [-0.3, -0.25) is 5.26 Å². The van der Waals surface area contributed by atoms with Crippen molar-refractivity contribution in [2.45, 2.75) is 64.2 Å². The van der Waals surface area contributed by atoms with E-state index < -0.39 is 11.7 Å². The van der Waals surface area contributed by atoms with Gasteiger partial charge in [-0.1, -0.05) is 81.4 Å². The number of hydrogen-bond donors (Lipinski definition) is 3. The Hall–Kier alpha value is -1.85. The fraction of sp³-hybridized carbons (Fsp3) is 0.550. The fourth-order valence-corrected chi connectivity index (χ4v) is 2.25. The smallest absolute Gasteiger partial charge is 0.370 e. The predicted octanol–water partition coefficient (Wildman–Crippen LogP) is 5.57. The maximum atomic E-state index is 10.3. The number of hydrogen-bond acceptors (Lipinski definition) is 4. The van der Waals surface area contributed by atoms with Gasteiger partial charge in [0.1, 0.15) is 0 Å². The average molecular weight is 352 g/mol. The molecule has 0 aromatic heterocycles. The molecule has 0 unspecified atom stereocenters. The molecular formula is C20H32O5. The molecule has 0 saturated carbocycles. The highest BCUT2D eigenvalue weighted by Gasteiger charge is 1.99. The van der Waals surface area contributed by atoms with Gasteiger partial charge in [0.15, 0.2) is 0 Å². The number of aliphatic hydroxyl groups excluding tert-OH is 1. The molecule has 0 aliphatic rings. The van der Waals surface area contributed by atoms with Crippen molar-refractivity contribution in [1.29, 1.82) is 0 Å². The number of carboxylic acids is 1. The summed E-state index contributed by atoms with van der Waals surface area (Å²) >= 11 is 0. The molecule has 0 saturated heterocycles. The SMILES string of the molecule is O=C(O)C(O)=CC=CC=CC=CCCCCCCCCCCCOO. The molecular weight excluding hydrogens is 320 g/mol. The van der Waals surface area contributed by atoms with Crippen molar-refractivity contribution in [3.8, 4) is 0 Å². The molecule has 0 fully saturated rings. The first-order valence-electron chi connectivity index (χ1n) is 9.07. The van der Waals surface area contributed by atoms with E-state index in [2.05, 4.69) is 11.0 Å². The van der Waals surface area contributed by atoms with Crippen LogP contribution in [0.1, 0.15) is 64.2 Å². The van der Waals surface area contributed by atoms with E-state index in [1.807, 2.05) is 12.2 Å². The Bertz CT molecular complexity index is 435. The molecule has 0 bridgehead atoms. The van der Waals surface area contributed by atoms with Crippen molar-refractivity contribution in [2.75, 3.05) is 6.61 Å². The number of carboxylic acid groups (broad SMARTS) is 1. The number of allylic oxidation sites excluding steroid dienone is 7. The molecule has 0 rings (SSSR count). The van der Waals surface area contributed by atoms with Crippen LogP contribution in [0.5, 0.6) is 0 Å². The van der Waals surface area contributed by atoms with E-state index in [4.69, 9.17) is 15.5 Å². The fourth-order valence-electron chi connectivity index (χ4n) is 2.25. The molecule has 0 heterocycles. The molecule has 3 N–H and O–H groups in total. The second-order valence-corrected chi connectivity index (χ2v) is 5.86. The Kier molecular flexibility index (Phi) is 17.1. The molecule has 0 amide bonds. The van der Waals surface area contributed by atoms with Crippen molar-refractivity contribution >= 4 is 5.97 Å². The number of rotatable bonds is 16. The largest absolute Gasteiger partial charge is 0.502 e. The van der Waals surface area contributed by atoms with Crippen LogP contribution < -0.4 is 0 Å². The molecule has 0 atom stereocenters. The molecule has 25 heavy (non-hydrogen) atoms. The van der Waals surface area contributed by atoms with Gasteiger partial charge in [0.25, 0.3) is 0 Å². The van der Waals surface area contributed by atoms with E-state index in [-0.39, 0.29) is 0 Å². The summed E-state index contributed by atoms with van der Waals surface area (Å²) in [4.78, 5) is 14.4. The van der Waals surface area contributed by atoms with Crippen molar-refractivity contribution in [2.24, 2.45) is 0 Å². The molecule has 0 aromatic rings. The quantitative estimate of drug-likeness (QED) is 0.0844. The highest BCUT2D eigenvalue weighted by molar-refractivity contribution is 5.83. The van der Waals surface area contributed by atoms with Crippen LogP contribution in [0, 0.1) is 0 Å². The molecule has 0 aliphatic carbocycles. The van der Waals surface area contributed by atoms with Gasteiger partial charge in [0, 0.05) is 0 Å². The van der Waals surface area contributed by atoms with Gasteiger partial charge in [-0.25, -0.2) is 9.68 Å². The third kappa shape index (κ3) is 18.3. The van der Waals surface area contributed by atoms with E-state index in [9.17, 15) is 4.79 Å². The lowest BCUT2D eigenvalue weighted by molar-refractivity contribution is -0.242. The van der Waals surface area contributed by atoms with Crippen molar-refractivity contribution in [3.63, 3.8) is 0 Å². The van der Waals surface area contributed by atoms with Gasteiger partial charge in [-0.15, -0.1) is 0 Å². The topological polar surface area (TPSA) is 87.0 Å². The molecule has 0 aliphatic heterocycles. The van der Waals surface area contributed by atoms with Crippen molar-refractivity contribution in [3.05, 3.63) is 48.3 Å². The summed E-state index contributed by atoms with van der Waals surface area (Å²) in [7, 11) is 0. The molecule has 0 radical (unpaired) electrons. The molecule has 5 nitrogen and oxygen atoms in total. The Morgan fingerprint density at radius 3 is 1.84 bits per heavy atom. The average Bonchev–Trinajstić information content (AvgIpc) is 2.60. The summed E-state index contributed by atoms with van der Waals surface area (Å²) in [6, 6.07) is 0. The lowest BCUT2D eigenvalue weighted by Crippen LogP contribution is -1.97. The van der Waals surface area contributed by atoms with E-state index in [0.717, 1.165) is 25.3 Å². The van der Waals surface area contributed by atoms with Crippen LogP contribution >= 0.6 is 0 Å². The van der Waals surface area contributed by atoms with Gasteiger partial charge in [-0.05, 0) is 25.3 Å². The van der Waals surface area contributed by atoms with Crippen LogP contribution in [-0.4, -0.2) is 28.0 Å². The maximum absolute atomic E-state index is 10.3. The monoisotopic (exact) mass is 352 g/mol.